The summed E-state index contributed by atoms with van der Waals surface area (Å²) in [5.41, 5.74) is 4.63. The summed E-state index contributed by atoms with van der Waals surface area (Å²) in [6.45, 7) is 5.60. The molecule has 1 amide bonds. The van der Waals surface area contributed by atoms with Gasteiger partial charge in [0.05, 0.1) is 6.26 Å². The zero-order valence-corrected chi connectivity index (χ0v) is 11.0. The van der Waals surface area contributed by atoms with Crippen molar-refractivity contribution >= 4 is 15.9 Å². The average molecular weight is 251 g/mol. The van der Waals surface area contributed by atoms with Gasteiger partial charge in [-0.2, -0.15) is 0 Å². The lowest BCUT2D eigenvalue weighted by Crippen LogP contribution is -2.52. The van der Waals surface area contributed by atoms with Crippen LogP contribution in [0, 0.1) is 5.92 Å². The van der Waals surface area contributed by atoms with E-state index in [0.717, 1.165) is 6.26 Å². The van der Waals surface area contributed by atoms with Gasteiger partial charge in [0.25, 0.3) is 0 Å². The SMILES string of the molecule is CC(CN)C(=O)NCC(C)(C)NS(C)(=O)=O. The molecule has 0 aromatic carbocycles. The molecular weight excluding hydrogens is 230 g/mol. The Morgan fingerprint density at radius 3 is 2.31 bits per heavy atom. The van der Waals surface area contributed by atoms with E-state index in [1.165, 1.54) is 0 Å². The third kappa shape index (κ3) is 6.76. The molecule has 0 spiro atoms. The minimum Gasteiger partial charge on any atom is -0.354 e. The second kappa shape index (κ2) is 5.60. The lowest BCUT2D eigenvalue weighted by Gasteiger charge is -2.25. The lowest BCUT2D eigenvalue weighted by molar-refractivity contribution is -0.124. The van der Waals surface area contributed by atoms with Crippen molar-refractivity contribution in [3.05, 3.63) is 0 Å². The van der Waals surface area contributed by atoms with Crippen LogP contribution in [0.5, 0.6) is 0 Å². The number of carbonyl (C=O) groups is 1. The van der Waals surface area contributed by atoms with Gasteiger partial charge < -0.3 is 11.1 Å². The monoisotopic (exact) mass is 251 g/mol. The predicted molar refractivity (Wildman–Crippen MR) is 63.3 cm³/mol. The Bertz CT molecular complexity index is 338. The summed E-state index contributed by atoms with van der Waals surface area (Å²) in [6, 6.07) is 0. The molecule has 96 valence electrons. The fourth-order valence-corrected chi connectivity index (χ4v) is 2.20. The summed E-state index contributed by atoms with van der Waals surface area (Å²) in [5, 5.41) is 2.65. The molecule has 0 saturated heterocycles. The van der Waals surface area contributed by atoms with E-state index in [0.29, 0.717) is 0 Å². The van der Waals surface area contributed by atoms with Gasteiger partial charge in [-0.05, 0) is 13.8 Å². The Morgan fingerprint density at radius 2 is 1.94 bits per heavy atom. The van der Waals surface area contributed by atoms with Gasteiger partial charge in [0.2, 0.25) is 15.9 Å². The normalized spacial score (nSPS) is 14.6. The molecule has 6 nitrogen and oxygen atoms in total. The fourth-order valence-electron chi connectivity index (χ4n) is 1.13. The fraction of sp³-hybridized carbons (Fsp3) is 0.889. The van der Waals surface area contributed by atoms with Gasteiger partial charge in [-0.15, -0.1) is 0 Å². The Hall–Kier alpha value is -0.660. The number of hydrogen-bond acceptors (Lipinski definition) is 4. The van der Waals surface area contributed by atoms with Crippen LogP contribution in [-0.4, -0.2) is 39.2 Å². The van der Waals surface area contributed by atoms with Crippen LogP contribution in [0.15, 0.2) is 0 Å². The van der Waals surface area contributed by atoms with Crippen molar-refractivity contribution in [3.63, 3.8) is 0 Å². The minimum atomic E-state index is -3.28. The van der Waals surface area contributed by atoms with Crippen molar-refractivity contribution in [3.8, 4) is 0 Å². The van der Waals surface area contributed by atoms with E-state index in [-0.39, 0.29) is 24.9 Å². The van der Waals surface area contributed by atoms with E-state index < -0.39 is 15.6 Å². The maximum absolute atomic E-state index is 11.4. The Labute approximate surface area is 97.0 Å². The molecule has 0 aromatic heterocycles. The van der Waals surface area contributed by atoms with E-state index in [1.807, 2.05) is 0 Å². The number of nitrogens with one attached hydrogen (secondary N) is 2. The third-order valence-electron chi connectivity index (χ3n) is 1.97. The topological polar surface area (TPSA) is 101 Å². The van der Waals surface area contributed by atoms with Crippen LogP contribution in [0.3, 0.4) is 0 Å². The van der Waals surface area contributed by atoms with E-state index in [9.17, 15) is 13.2 Å². The van der Waals surface area contributed by atoms with Crippen LogP contribution in [0.25, 0.3) is 0 Å². The smallest absolute Gasteiger partial charge is 0.224 e. The highest BCUT2D eigenvalue weighted by molar-refractivity contribution is 7.88. The molecule has 0 saturated carbocycles. The van der Waals surface area contributed by atoms with Crippen LogP contribution in [0.1, 0.15) is 20.8 Å². The van der Waals surface area contributed by atoms with Gasteiger partial charge in [-0.1, -0.05) is 6.92 Å². The molecule has 7 heteroatoms. The summed E-state index contributed by atoms with van der Waals surface area (Å²) in [6.07, 6.45) is 1.08. The molecule has 1 unspecified atom stereocenters. The summed E-state index contributed by atoms with van der Waals surface area (Å²) in [4.78, 5) is 11.4. The molecule has 16 heavy (non-hydrogen) atoms. The van der Waals surface area contributed by atoms with E-state index in [1.54, 1.807) is 20.8 Å². The number of sulfonamides is 1. The van der Waals surface area contributed by atoms with Crippen molar-refractivity contribution in [2.75, 3.05) is 19.3 Å². The highest BCUT2D eigenvalue weighted by atomic mass is 32.2. The number of nitrogens with two attached hydrogens (primary N) is 1. The summed E-state index contributed by atoms with van der Waals surface area (Å²) >= 11 is 0. The van der Waals surface area contributed by atoms with Crippen LogP contribution in [0.2, 0.25) is 0 Å². The first kappa shape index (κ1) is 15.3. The highest BCUT2D eigenvalue weighted by Crippen LogP contribution is 2.02. The van der Waals surface area contributed by atoms with Crippen molar-refractivity contribution < 1.29 is 13.2 Å². The van der Waals surface area contributed by atoms with Crippen molar-refractivity contribution in [1.82, 2.24) is 10.0 Å². The molecule has 0 aliphatic rings. The average Bonchev–Trinajstić information content (AvgIpc) is 2.09. The molecule has 0 bridgehead atoms. The van der Waals surface area contributed by atoms with Crippen LogP contribution < -0.4 is 15.8 Å². The van der Waals surface area contributed by atoms with E-state index >= 15 is 0 Å². The predicted octanol–water partition coefficient (Wildman–Crippen LogP) is -0.975. The lowest BCUT2D eigenvalue weighted by atomic mass is 10.1. The maximum atomic E-state index is 11.4. The first-order valence-corrected chi connectivity index (χ1v) is 6.93. The largest absolute Gasteiger partial charge is 0.354 e. The third-order valence-corrected chi connectivity index (χ3v) is 2.89. The second-order valence-corrected chi connectivity index (χ2v) is 6.36. The molecular formula is C9H21N3O3S. The molecule has 0 heterocycles. The molecule has 1 atom stereocenters. The van der Waals surface area contributed by atoms with Crippen LogP contribution in [0.4, 0.5) is 0 Å². The van der Waals surface area contributed by atoms with E-state index in [2.05, 4.69) is 10.0 Å². The van der Waals surface area contributed by atoms with Crippen LogP contribution in [-0.2, 0) is 14.8 Å². The molecule has 0 rings (SSSR count). The first-order chi connectivity index (χ1) is 7.07. The first-order valence-electron chi connectivity index (χ1n) is 5.04. The number of rotatable bonds is 6. The number of carbonyl (C=O) groups excluding carboxylic acids is 1. The van der Waals surface area contributed by atoms with Crippen LogP contribution >= 0.6 is 0 Å². The van der Waals surface area contributed by atoms with Crippen molar-refractivity contribution in [2.24, 2.45) is 11.7 Å². The maximum Gasteiger partial charge on any atom is 0.224 e. The summed E-state index contributed by atoms with van der Waals surface area (Å²) in [5.74, 6) is -0.445. The van der Waals surface area contributed by atoms with Gasteiger partial charge in [0, 0.05) is 24.5 Å². The Morgan fingerprint density at radius 1 is 1.44 bits per heavy atom. The summed E-state index contributed by atoms with van der Waals surface area (Å²) < 4.78 is 24.5. The zero-order chi connectivity index (χ0) is 13.0. The molecule has 0 aliphatic carbocycles. The molecule has 0 radical (unpaired) electrons. The summed E-state index contributed by atoms with van der Waals surface area (Å²) in [7, 11) is -3.28. The standard InChI is InChI=1S/C9H21N3O3S/c1-7(5-10)8(13)11-6-9(2,3)12-16(4,14)15/h7,12H,5-6,10H2,1-4H3,(H,11,13). The van der Waals surface area contributed by atoms with Gasteiger partial charge >= 0.3 is 0 Å². The Balaban J connectivity index is 4.24. The van der Waals surface area contributed by atoms with Gasteiger partial charge in [0.15, 0.2) is 0 Å². The van der Waals surface area contributed by atoms with Crippen molar-refractivity contribution in [1.29, 1.82) is 0 Å². The highest BCUT2D eigenvalue weighted by Gasteiger charge is 2.23. The van der Waals surface area contributed by atoms with E-state index in [4.69, 9.17) is 5.73 Å². The minimum absolute atomic E-state index is 0.175. The zero-order valence-electron chi connectivity index (χ0n) is 10.2. The quantitative estimate of drug-likeness (QED) is 0.565. The van der Waals surface area contributed by atoms with Gasteiger partial charge in [-0.3, -0.25) is 4.79 Å². The second-order valence-electron chi connectivity index (χ2n) is 4.61. The number of hydrogen-bond donors (Lipinski definition) is 3. The van der Waals surface area contributed by atoms with Gasteiger partial charge in [-0.25, -0.2) is 13.1 Å². The molecule has 4 N–H and O–H groups in total. The molecule has 0 fully saturated rings. The van der Waals surface area contributed by atoms with Gasteiger partial charge in [0.1, 0.15) is 0 Å². The molecule has 0 aliphatic heterocycles. The van der Waals surface area contributed by atoms with Crippen molar-refractivity contribution in [2.45, 2.75) is 26.3 Å². The Kier molecular flexibility index (Phi) is 5.37. The molecule has 0 aromatic rings. The number of amides is 1.